The summed E-state index contributed by atoms with van der Waals surface area (Å²) in [5.41, 5.74) is 2.85. The molecular weight excluding hydrogens is 446 g/mol. The van der Waals surface area contributed by atoms with Crippen LogP contribution in [0.25, 0.3) is 0 Å². The maximum Gasteiger partial charge on any atom is 0.251 e. The largest absolute Gasteiger partial charge is 0.352 e. The summed E-state index contributed by atoms with van der Waals surface area (Å²) in [4.78, 5) is 28.7. The number of carbonyl (C=O) groups excluding carboxylic acids is 2. The monoisotopic (exact) mass is 485 g/mol. The number of hydrogen-bond donors (Lipinski definition) is 2. The summed E-state index contributed by atoms with van der Waals surface area (Å²) >= 11 is 0. The molecule has 1 atom stereocenters. The maximum atomic E-state index is 13.2. The Labute approximate surface area is 215 Å². The van der Waals surface area contributed by atoms with Crippen LogP contribution in [0, 0.1) is 23.2 Å². The Morgan fingerprint density at radius 2 is 1.44 bits per heavy atom. The van der Waals surface area contributed by atoms with Gasteiger partial charge in [-0.1, -0.05) is 42.5 Å². The first-order valence-corrected chi connectivity index (χ1v) is 14.0. The molecule has 1 heterocycles. The minimum atomic E-state index is -0.112. The molecule has 4 aliphatic carbocycles. The minimum absolute atomic E-state index is 0.0423. The molecule has 5 fully saturated rings. The fourth-order valence-electron chi connectivity index (χ4n) is 8.01. The van der Waals surface area contributed by atoms with E-state index in [1.165, 1.54) is 37.7 Å². The highest BCUT2D eigenvalue weighted by Crippen LogP contribution is 2.60. The second kappa shape index (κ2) is 10.0. The Bertz CT molecular complexity index is 1040. The van der Waals surface area contributed by atoms with Gasteiger partial charge in [-0.15, -0.1) is 0 Å². The molecule has 190 valence electrons. The van der Waals surface area contributed by atoms with Crippen LogP contribution < -0.4 is 10.6 Å². The van der Waals surface area contributed by atoms with Crippen LogP contribution in [0.1, 0.15) is 78.9 Å². The lowest BCUT2D eigenvalue weighted by Gasteiger charge is -2.55. The van der Waals surface area contributed by atoms with E-state index in [0.29, 0.717) is 18.7 Å². The summed E-state index contributed by atoms with van der Waals surface area (Å²) in [5, 5.41) is 6.42. The molecule has 2 aromatic carbocycles. The van der Waals surface area contributed by atoms with E-state index < -0.39 is 0 Å². The van der Waals surface area contributed by atoms with E-state index in [4.69, 9.17) is 0 Å². The van der Waals surface area contributed by atoms with Gasteiger partial charge in [0.05, 0.1) is 6.04 Å². The van der Waals surface area contributed by atoms with Crippen LogP contribution in [0.4, 0.5) is 0 Å². The van der Waals surface area contributed by atoms with Gasteiger partial charge in [0.25, 0.3) is 5.91 Å². The van der Waals surface area contributed by atoms with Crippen LogP contribution in [0.3, 0.4) is 0 Å². The SMILES string of the molecule is O=C(NCC(c1ccccc1)N1CCCC1)c1ccc(CNC(=O)C23CC4CC(CC(C4)C2)C3)cc1. The van der Waals surface area contributed by atoms with Gasteiger partial charge in [0, 0.05) is 24.1 Å². The molecule has 2 amide bonds. The first-order chi connectivity index (χ1) is 17.6. The molecule has 2 aromatic rings. The van der Waals surface area contributed by atoms with Gasteiger partial charge >= 0.3 is 0 Å². The molecule has 1 unspecified atom stereocenters. The summed E-state index contributed by atoms with van der Waals surface area (Å²) in [6.07, 6.45) is 9.75. The number of carbonyl (C=O) groups is 2. The molecule has 5 aliphatic rings. The molecule has 0 radical (unpaired) electrons. The van der Waals surface area contributed by atoms with Crippen molar-refractivity contribution in [3.63, 3.8) is 0 Å². The number of hydrogen-bond acceptors (Lipinski definition) is 3. The van der Waals surface area contributed by atoms with Crippen molar-refractivity contribution in [1.29, 1.82) is 0 Å². The molecule has 7 rings (SSSR count). The third-order valence-electron chi connectivity index (χ3n) is 9.41. The highest BCUT2D eigenvalue weighted by atomic mass is 16.2. The van der Waals surface area contributed by atoms with Gasteiger partial charge in [-0.2, -0.15) is 0 Å². The van der Waals surface area contributed by atoms with E-state index in [9.17, 15) is 9.59 Å². The minimum Gasteiger partial charge on any atom is -0.352 e. The smallest absolute Gasteiger partial charge is 0.251 e. The maximum absolute atomic E-state index is 13.2. The fraction of sp³-hybridized carbons (Fsp3) is 0.548. The van der Waals surface area contributed by atoms with Gasteiger partial charge < -0.3 is 10.6 Å². The standard InChI is InChI=1S/C31H39N3O2/c35-29(32-21-28(34-12-4-5-13-34)26-6-2-1-3-7-26)27-10-8-22(9-11-27)20-33-30(36)31-17-23-14-24(18-31)16-25(15-23)19-31/h1-3,6-11,23-25,28H,4-5,12-21H2,(H,32,35)(H,33,36). The van der Waals surface area contributed by atoms with Crippen molar-refractivity contribution in [2.75, 3.05) is 19.6 Å². The Kier molecular flexibility index (Phi) is 6.59. The molecule has 4 bridgehead atoms. The highest BCUT2D eigenvalue weighted by molar-refractivity contribution is 5.94. The summed E-state index contributed by atoms with van der Waals surface area (Å²) in [7, 11) is 0. The van der Waals surface area contributed by atoms with Crippen molar-refractivity contribution < 1.29 is 9.59 Å². The summed E-state index contributed by atoms with van der Waals surface area (Å²) in [6, 6.07) is 18.4. The lowest BCUT2D eigenvalue weighted by molar-refractivity contribution is -0.146. The zero-order chi connectivity index (χ0) is 24.5. The molecule has 2 N–H and O–H groups in total. The van der Waals surface area contributed by atoms with Crippen LogP contribution in [-0.2, 0) is 11.3 Å². The van der Waals surface area contributed by atoms with Crippen LogP contribution in [0.5, 0.6) is 0 Å². The van der Waals surface area contributed by atoms with E-state index in [1.54, 1.807) is 0 Å². The normalized spacial score (nSPS) is 29.7. The number of rotatable bonds is 8. The number of nitrogens with zero attached hydrogens (tertiary/aromatic N) is 1. The molecule has 0 spiro atoms. The second-order valence-corrected chi connectivity index (χ2v) is 12.0. The molecule has 0 aromatic heterocycles. The van der Waals surface area contributed by atoms with Crippen molar-refractivity contribution in [2.24, 2.45) is 23.2 Å². The molecule has 5 heteroatoms. The average molecular weight is 486 g/mol. The molecule has 1 saturated heterocycles. The number of nitrogens with one attached hydrogen (secondary N) is 2. The summed E-state index contributed by atoms with van der Waals surface area (Å²) in [5.74, 6) is 2.53. The van der Waals surface area contributed by atoms with E-state index in [-0.39, 0.29) is 23.3 Å². The van der Waals surface area contributed by atoms with Crippen molar-refractivity contribution in [3.8, 4) is 0 Å². The van der Waals surface area contributed by atoms with Crippen LogP contribution in [0.2, 0.25) is 0 Å². The summed E-state index contributed by atoms with van der Waals surface area (Å²) < 4.78 is 0. The Morgan fingerprint density at radius 1 is 0.833 bits per heavy atom. The predicted molar refractivity (Wildman–Crippen MR) is 141 cm³/mol. The molecular formula is C31H39N3O2. The molecule has 5 nitrogen and oxygen atoms in total. The van der Waals surface area contributed by atoms with Crippen molar-refractivity contribution >= 4 is 11.8 Å². The van der Waals surface area contributed by atoms with Crippen molar-refractivity contribution in [3.05, 3.63) is 71.3 Å². The van der Waals surface area contributed by atoms with Gasteiger partial charge in [-0.25, -0.2) is 0 Å². The molecule has 4 saturated carbocycles. The highest BCUT2D eigenvalue weighted by Gasteiger charge is 2.54. The van der Waals surface area contributed by atoms with E-state index in [0.717, 1.165) is 55.7 Å². The van der Waals surface area contributed by atoms with Crippen LogP contribution >= 0.6 is 0 Å². The second-order valence-electron chi connectivity index (χ2n) is 12.0. The van der Waals surface area contributed by atoms with E-state index >= 15 is 0 Å². The lowest BCUT2D eigenvalue weighted by Crippen LogP contribution is -2.53. The van der Waals surface area contributed by atoms with E-state index in [2.05, 4.69) is 39.8 Å². The average Bonchev–Trinajstić information content (AvgIpc) is 3.42. The first-order valence-electron chi connectivity index (χ1n) is 14.0. The third kappa shape index (κ3) is 4.82. The Hall–Kier alpha value is -2.66. The topological polar surface area (TPSA) is 61.4 Å². The summed E-state index contributed by atoms with van der Waals surface area (Å²) in [6.45, 7) is 3.30. The quantitative estimate of drug-likeness (QED) is 0.548. The van der Waals surface area contributed by atoms with Crippen LogP contribution in [-0.4, -0.2) is 36.3 Å². The molecule has 1 aliphatic heterocycles. The van der Waals surface area contributed by atoms with Gasteiger partial charge in [-0.05, 0) is 105 Å². The van der Waals surface area contributed by atoms with Gasteiger partial charge in [0.1, 0.15) is 0 Å². The van der Waals surface area contributed by atoms with E-state index in [1.807, 2.05) is 30.3 Å². The zero-order valence-electron chi connectivity index (χ0n) is 21.3. The van der Waals surface area contributed by atoms with Crippen LogP contribution in [0.15, 0.2) is 54.6 Å². The zero-order valence-corrected chi connectivity index (χ0v) is 21.3. The Morgan fingerprint density at radius 3 is 2.06 bits per heavy atom. The third-order valence-corrected chi connectivity index (χ3v) is 9.41. The number of benzene rings is 2. The lowest BCUT2D eigenvalue weighted by atomic mass is 9.49. The van der Waals surface area contributed by atoms with Crippen molar-refractivity contribution in [1.82, 2.24) is 15.5 Å². The van der Waals surface area contributed by atoms with Gasteiger partial charge in [0.15, 0.2) is 0 Å². The molecule has 36 heavy (non-hydrogen) atoms. The fourth-order valence-corrected chi connectivity index (χ4v) is 8.01. The number of likely N-dealkylation sites (tertiary alicyclic amines) is 1. The number of amides is 2. The van der Waals surface area contributed by atoms with Gasteiger partial charge in [-0.3, -0.25) is 14.5 Å². The van der Waals surface area contributed by atoms with Gasteiger partial charge in [0.2, 0.25) is 5.91 Å². The predicted octanol–water partition coefficient (Wildman–Crippen LogP) is 5.09. The first kappa shape index (κ1) is 23.7. The Balaban J connectivity index is 1.03. The van der Waals surface area contributed by atoms with Crippen molar-refractivity contribution in [2.45, 2.75) is 64.0 Å².